The molecule has 0 aliphatic carbocycles. The summed E-state index contributed by atoms with van der Waals surface area (Å²) in [4.78, 5) is 19.0. The van der Waals surface area contributed by atoms with Crippen LogP contribution in [0.1, 0.15) is 39.2 Å². The number of hydrogen-bond acceptors (Lipinski definition) is 4. The van der Waals surface area contributed by atoms with Crippen LogP contribution in [0.3, 0.4) is 0 Å². The number of para-hydroxylation sites is 2. The second kappa shape index (κ2) is 9.18. The molecule has 6 nitrogen and oxygen atoms in total. The number of piperidine rings is 1. The molecule has 3 aromatic rings. The van der Waals surface area contributed by atoms with E-state index in [1.54, 1.807) is 17.0 Å². The van der Waals surface area contributed by atoms with Crippen molar-refractivity contribution < 1.29 is 13.9 Å². The Balaban J connectivity index is 1.48. The van der Waals surface area contributed by atoms with E-state index in [1.165, 1.54) is 6.07 Å². The molecule has 1 aliphatic rings. The zero-order valence-corrected chi connectivity index (χ0v) is 19.0. The Bertz CT molecular complexity index is 1090. The van der Waals surface area contributed by atoms with Gasteiger partial charge in [0.15, 0.2) is 0 Å². The standard InChI is InChI=1S/C25H31FN4O2/c1-25(2,3)32-24(31)29-14-8-9-18(16-29)15-27-23-28-21-12-6-7-13-22(21)30(23)17-19-10-4-5-11-20(19)26/h4-7,10-13,18H,8-9,14-17H2,1-3H3,(H,27,28)/t18-/m1/s1. The number of likely N-dealkylation sites (tertiary alicyclic amines) is 1. The summed E-state index contributed by atoms with van der Waals surface area (Å²) >= 11 is 0. The molecule has 2 heterocycles. The highest BCUT2D eigenvalue weighted by molar-refractivity contribution is 5.78. The van der Waals surface area contributed by atoms with Crippen LogP contribution in [0.15, 0.2) is 48.5 Å². The van der Waals surface area contributed by atoms with Crippen LogP contribution < -0.4 is 5.32 Å². The first kappa shape index (κ1) is 22.1. The molecule has 2 aromatic carbocycles. The highest BCUT2D eigenvalue weighted by Crippen LogP contribution is 2.24. The second-order valence-electron chi connectivity index (χ2n) is 9.42. The number of nitrogens with zero attached hydrogens (tertiary/aromatic N) is 3. The lowest BCUT2D eigenvalue weighted by Crippen LogP contribution is -2.44. The monoisotopic (exact) mass is 438 g/mol. The highest BCUT2D eigenvalue weighted by Gasteiger charge is 2.28. The average molecular weight is 439 g/mol. The molecule has 0 bridgehead atoms. The molecule has 0 unspecified atom stereocenters. The van der Waals surface area contributed by atoms with Gasteiger partial charge in [-0.1, -0.05) is 30.3 Å². The molecule has 0 spiro atoms. The van der Waals surface area contributed by atoms with Crippen LogP contribution in [0.5, 0.6) is 0 Å². The smallest absolute Gasteiger partial charge is 0.410 e. The van der Waals surface area contributed by atoms with Gasteiger partial charge in [0.1, 0.15) is 11.4 Å². The molecule has 4 rings (SSSR count). The van der Waals surface area contributed by atoms with Crippen LogP contribution in [0.25, 0.3) is 11.0 Å². The molecule has 170 valence electrons. The number of hydrogen-bond donors (Lipinski definition) is 1. The minimum absolute atomic E-state index is 0.225. The van der Waals surface area contributed by atoms with Crippen molar-refractivity contribution in [3.8, 4) is 0 Å². The van der Waals surface area contributed by atoms with E-state index < -0.39 is 5.60 Å². The minimum Gasteiger partial charge on any atom is -0.444 e. The Morgan fingerprint density at radius 3 is 2.72 bits per heavy atom. The summed E-state index contributed by atoms with van der Waals surface area (Å²) in [6.07, 6.45) is 1.71. The number of benzene rings is 2. The van der Waals surface area contributed by atoms with E-state index in [2.05, 4.69) is 5.32 Å². The Morgan fingerprint density at radius 1 is 1.19 bits per heavy atom. The fourth-order valence-corrected chi connectivity index (χ4v) is 4.13. The Hall–Kier alpha value is -3.09. The maximum Gasteiger partial charge on any atom is 0.410 e. The number of imidazole rings is 1. The summed E-state index contributed by atoms with van der Waals surface area (Å²) < 4.78 is 21.9. The van der Waals surface area contributed by atoms with Gasteiger partial charge in [-0.25, -0.2) is 14.2 Å². The van der Waals surface area contributed by atoms with Gasteiger partial charge in [0, 0.05) is 25.2 Å². The fourth-order valence-electron chi connectivity index (χ4n) is 4.13. The molecule has 7 heteroatoms. The number of nitrogens with one attached hydrogen (secondary N) is 1. The first-order chi connectivity index (χ1) is 15.3. The normalized spacial score (nSPS) is 16.9. The molecule has 1 amide bonds. The van der Waals surface area contributed by atoms with Gasteiger partial charge in [0.25, 0.3) is 0 Å². The zero-order valence-electron chi connectivity index (χ0n) is 19.0. The molecule has 0 radical (unpaired) electrons. The van der Waals surface area contributed by atoms with E-state index in [9.17, 15) is 9.18 Å². The van der Waals surface area contributed by atoms with Gasteiger partial charge in [-0.05, 0) is 57.7 Å². The quantitative estimate of drug-likeness (QED) is 0.589. The summed E-state index contributed by atoms with van der Waals surface area (Å²) in [5, 5.41) is 3.47. The van der Waals surface area contributed by atoms with Crippen molar-refractivity contribution in [1.82, 2.24) is 14.5 Å². The molecule has 1 aliphatic heterocycles. The first-order valence-corrected chi connectivity index (χ1v) is 11.2. The van der Waals surface area contributed by atoms with Crippen molar-refractivity contribution >= 4 is 23.1 Å². The van der Waals surface area contributed by atoms with Crippen molar-refractivity contribution in [2.24, 2.45) is 5.92 Å². The van der Waals surface area contributed by atoms with Gasteiger partial charge in [0.2, 0.25) is 5.95 Å². The maximum absolute atomic E-state index is 14.3. The third-order valence-corrected chi connectivity index (χ3v) is 5.66. The SMILES string of the molecule is CC(C)(C)OC(=O)N1CCC[C@H](CNc2nc3ccccc3n2Cc2ccccc2F)C1. The van der Waals surface area contributed by atoms with Crippen LogP contribution in [-0.4, -0.2) is 45.8 Å². The van der Waals surface area contributed by atoms with Crippen LogP contribution in [0.2, 0.25) is 0 Å². The van der Waals surface area contributed by atoms with Crippen LogP contribution in [0, 0.1) is 11.7 Å². The van der Waals surface area contributed by atoms with Crippen LogP contribution >= 0.6 is 0 Å². The lowest BCUT2D eigenvalue weighted by molar-refractivity contribution is 0.0172. The van der Waals surface area contributed by atoms with Crippen molar-refractivity contribution in [3.63, 3.8) is 0 Å². The number of carbonyl (C=O) groups is 1. The van der Waals surface area contributed by atoms with E-state index in [0.717, 1.165) is 30.4 Å². The van der Waals surface area contributed by atoms with Gasteiger partial charge >= 0.3 is 6.09 Å². The molecule has 1 N–H and O–H groups in total. The first-order valence-electron chi connectivity index (χ1n) is 11.2. The number of amides is 1. The molecule has 1 atom stereocenters. The fraction of sp³-hybridized carbons (Fsp3) is 0.440. The summed E-state index contributed by atoms with van der Waals surface area (Å²) in [5.74, 6) is 0.776. The van der Waals surface area contributed by atoms with E-state index >= 15 is 0 Å². The number of aromatic nitrogens is 2. The maximum atomic E-state index is 14.3. The third kappa shape index (κ3) is 5.21. The number of halogens is 1. The van der Waals surface area contributed by atoms with Gasteiger partial charge in [0.05, 0.1) is 17.6 Å². The Morgan fingerprint density at radius 2 is 1.94 bits per heavy atom. The van der Waals surface area contributed by atoms with Crippen molar-refractivity contribution in [2.45, 2.75) is 45.8 Å². The van der Waals surface area contributed by atoms with E-state index in [4.69, 9.17) is 9.72 Å². The van der Waals surface area contributed by atoms with Crippen molar-refractivity contribution in [1.29, 1.82) is 0 Å². The van der Waals surface area contributed by atoms with Gasteiger partial charge in [-0.15, -0.1) is 0 Å². The van der Waals surface area contributed by atoms with Gasteiger partial charge < -0.3 is 19.5 Å². The van der Waals surface area contributed by atoms with Crippen LogP contribution in [0.4, 0.5) is 15.1 Å². The molecule has 0 saturated carbocycles. The number of carbonyl (C=O) groups excluding carboxylic acids is 1. The predicted molar refractivity (Wildman–Crippen MR) is 124 cm³/mol. The zero-order chi connectivity index (χ0) is 22.7. The van der Waals surface area contributed by atoms with E-state index in [1.807, 2.05) is 55.7 Å². The summed E-state index contributed by atoms with van der Waals surface area (Å²) in [6.45, 7) is 8.09. The number of rotatable bonds is 5. The molecule has 32 heavy (non-hydrogen) atoms. The van der Waals surface area contributed by atoms with Gasteiger partial charge in [-0.2, -0.15) is 0 Å². The molecule has 1 saturated heterocycles. The minimum atomic E-state index is -0.500. The predicted octanol–water partition coefficient (Wildman–Crippen LogP) is 5.28. The lowest BCUT2D eigenvalue weighted by Gasteiger charge is -2.34. The topological polar surface area (TPSA) is 59.4 Å². The van der Waals surface area contributed by atoms with Crippen molar-refractivity contribution in [2.75, 3.05) is 25.0 Å². The summed E-state index contributed by atoms with van der Waals surface area (Å²) in [7, 11) is 0. The summed E-state index contributed by atoms with van der Waals surface area (Å²) in [6, 6.07) is 14.7. The average Bonchev–Trinajstić information content (AvgIpc) is 3.10. The van der Waals surface area contributed by atoms with E-state index in [0.29, 0.717) is 31.1 Å². The molecular weight excluding hydrogens is 407 g/mol. The Labute approximate surface area is 188 Å². The number of ether oxygens (including phenoxy) is 1. The highest BCUT2D eigenvalue weighted by atomic mass is 19.1. The summed E-state index contributed by atoms with van der Waals surface area (Å²) in [5.41, 5.74) is 1.94. The van der Waals surface area contributed by atoms with Crippen LogP contribution in [-0.2, 0) is 11.3 Å². The number of anilines is 1. The van der Waals surface area contributed by atoms with Gasteiger partial charge in [-0.3, -0.25) is 0 Å². The number of fused-ring (bicyclic) bond motifs is 1. The largest absolute Gasteiger partial charge is 0.444 e. The second-order valence-corrected chi connectivity index (χ2v) is 9.42. The lowest BCUT2D eigenvalue weighted by atomic mass is 9.98. The third-order valence-electron chi connectivity index (χ3n) is 5.66. The van der Waals surface area contributed by atoms with E-state index in [-0.39, 0.29) is 17.8 Å². The molecular formula is C25H31FN4O2. The molecule has 1 aromatic heterocycles. The molecule has 1 fully saturated rings. The van der Waals surface area contributed by atoms with Crippen molar-refractivity contribution in [3.05, 3.63) is 59.9 Å². The Kier molecular flexibility index (Phi) is 6.35.